The molecular weight excluding hydrogens is 140 g/mol. The normalized spacial score (nSPS) is 10.6. The molecule has 2 nitrogen and oxygen atoms in total. The second kappa shape index (κ2) is 2.40. The van der Waals surface area contributed by atoms with Gasteiger partial charge < -0.3 is 9.52 Å². The molecule has 0 atom stereocenters. The molecule has 0 saturated carbocycles. The van der Waals surface area contributed by atoms with Crippen molar-refractivity contribution < 1.29 is 9.52 Å². The zero-order valence-electron chi connectivity index (χ0n) is 5.87. The maximum absolute atomic E-state index is 8.84. The molecule has 1 heterocycles. The van der Waals surface area contributed by atoms with Gasteiger partial charge >= 0.3 is 0 Å². The van der Waals surface area contributed by atoms with Gasteiger partial charge in [-0.15, -0.1) is 0 Å². The second-order valence-electron chi connectivity index (χ2n) is 2.33. The Morgan fingerprint density at radius 1 is 1.55 bits per heavy atom. The van der Waals surface area contributed by atoms with Crippen LogP contribution in [-0.2, 0) is 6.61 Å². The number of aliphatic hydroxyl groups is 1. The average Bonchev–Trinajstić information content (AvgIpc) is 2.47. The first-order valence-corrected chi connectivity index (χ1v) is 3.39. The fourth-order valence-electron chi connectivity index (χ4n) is 1.08. The molecule has 2 rings (SSSR count). The Hall–Kier alpha value is -1.28. The second-order valence-corrected chi connectivity index (χ2v) is 2.33. The van der Waals surface area contributed by atoms with Crippen LogP contribution in [0.1, 0.15) is 5.56 Å². The largest absolute Gasteiger partial charge is 0.464 e. The van der Waals surface area contributed by atoms with Crippen LogP contribution in [0.25, 0.3) is 11.0 Å². The van der Waals surface area contributed by atoms with Crippen LogP contribution in [-0.4, -0.2) is 5.11 Å². The topological polar surface area (TPSA) is 33.4 Å². The van der Waals surface area contributed by atoms with Crippen molar-refractivity contribution in [3.8, 4) is 0 Å². The minimum Gasteiger partial charge on any atom is -0.464 e. The molecule has 0 fully saturated rings. The van der Waals surface area contributed by atoms with Gasteiger partial charge in [0.25, 0.3) is 0 Å². The number of aliphatic hydroxyl groups excluding tert-OH is 1. The minimum absolute atomic E-state index is 0.00745. The molecule has 0 aliphatic carbocycles. The van der Waals surface area contributed by atoms with Gasteiger partial charge in [-0.25, -0.2) is 0 Å². The number of rotatable bonds is 1. The first-order chi connectivity index (χ1) is 5.42. The van der Waals surface area contributed by atoms with Gasteiger partial charge in [0, 0.05) is 10.9 Å². The molecule has 0 amide bonds. The molecule has 1 aromatic carbocycles. The summed E-state index contributed by atoms with van der Waals surface area (Å²) in [5.74, 6) is 0. The van der Waals surface area contributed by atoms with Gasteiger partial charge in [-0.1, -0.05) is 12.1 Å². The van der Waals surface area contributed by atoms with Gasteiger partial charge in [0.1, 0.15) is 5.58 Å². The Kier molecular flexibility index (Phi) is 1.40. The lowest BCUT2D eigenvalue weighted by atomic mass is 10.2. The van der Waals surface area contributed by atoms with E-state index in [4.69, 9.17) is 9.52 Å². The monoisotopic (exact) mass is 147 g/mol. The van der Waals surface area contributed by atoms with Crippen molar-refractivity contribution >= 4 is 11.0 Å². The molecule has 1 aromatic heterocycles. The minimum atomic E-state index is 0.00745. The molecule has 1 radical (unpaired) electrons. The van der Waals surface area contributed by atoms with Gasteiger partial charge in [0.15, 0.2) is 0 Å². The highest BCUT2D eigenvalue weighted by atomic mass is 16.3. The quantitative estimate of drug-likeness (QED) is 0.666. The van der Waals surface area contributed by atoms with Crippen LogP contribution < -0.4 is 0 Å². The lowest BCUT2D eigenvalue weighted by Gasteiger charge is -1.87. The fraction of sp³-hybridized carbons (Fsp3) is 0.111. The lowest BCUT2D eigenvalue weighted by Crippen LogP contribution is -1.77. The SMILES string of the molecule is OCc1coc2ccc[c]c12. The van der Waals surface area contributed by atoms with Gasteiger partial charge in [0.2, 0.25) is 0 Å². The summed E-state index contributed by atoms with van der Waals surface area (Å²) in [6, 6.07) is 8.51. The molecule has 0 unspecified atom stereocenters. The van der Waals surface area contributed by atoms with E-state index < -0.39 is 0 Å². The van der Waals surface area contributed by atoms with Crippen molar-refractivity contribution in [2.24, 2.45) is 0 Å². The van der Waals surface area contributed by atoms with Gasteiger partial charge in [0.05, 0.1) is 12.9 Å². The predicted molar refractivity (Wildman–Crippen MR) is 41.0 cm³/mol. The van der Waals surface area contributed by atoms with Crippen molar-refractivity contribution in [2.75, 3.05) is 0 Å². The number of furan rings is 1. The van der Waals surface area contributed by atoms with E-state index in [1.54, 1.807) is 12.3 Å². The summed E-state index contributed by atoms with van der Waals surface area (Å²) in [4.78, 5) is 0. The number of fused-ring (bicyclic) bond motifs is 1. The average molecular weight is 147 g/mol. The Bertz CT molecular complexity index is 362. The van der Waals surface area contributed by atoms with E-state index in [1.807, 2.05) is 12.1 Å². The zero-order valence-corrected chi connectivity index (χ0v) is 5.87. The predicted octanol–water partition coefficient (Wildman–Crippen LogP) is 1.73. The molecule has 0 aliphatic heterocycles. The van der Waals surface area contributed by atoms with Crippen LogP contribution in [0, 0.1) is 6.07 Å². The van der Waals surface area contributed by atoms with E-state index in [0.717, 1.165) is 16.5 Å². The van der Waals surface area contributed by atoms with Crippen molar-refractivity contribution in [2.45, 2.75) is 6.61 Å². The van der Waals surface area contributed by atoms with E-state index in [0.29, 0.717) is 0 Å². The van der Waals surface area contributed by atoms with E-state index in [2.05, 4.69) is 6.07 Å². The summed E-state index contributed by atoms with van der Waals surface area (Å²) in [7, 11) is 0. The van der Waals surface area contributed by atoms with Crippen LogP contribution in [0.3, 0.4) is 0 Å². The summed E-state index contributed by atoms with van der Waals surface area (Å²) in [5, 5.41) is 9.71. The van der Waals surface area contributed by atoms with Crippen LogP contribution in [0.5, 0.6) is 0 Å². The molecular formula is C9H7O2. The highest BCUT2D eigenvalue weighted by Crippen LogP contribution is 2.19. The summed E-state index contributed by atoms with van der Waals surface area (Å²) in [6.45, 7) is 0.00745. The van der Waals surface area contributed by atoms with E-state index in [-0.39, 0.29) is 6.61 Å². The molecule has 55 valence electrons. The lowest BCUT2D eigenvalue weighted by molar-refractivity contribution is 0.281. The highest BCUT2D eigenvalue weighted by molar-refractivity contribution is 5.79. The summed E-state index contributed by atoms with van der Waals surface area (Å²) < 4.78 is 5.15. The van der Waals surface area contributed by atoms with Gasteiger partial charge in [-0.05, 0) is 12.1 Å². The van der Waals surface area contributed by atoms with Crippen LogP contribution in [0.2, 0.25) is 0 Å². The molecule has 0 saturated heterocycles. The number of hydrogen-bond donors (Lipinski definition) is 1. The smallest absolute Gasteiger partial charge is 0.134 e. The first-order valence-electron chi connectivity index (χ1n) is 3.39. The third kappa shape index (κ3) is 0.917. The highest BCUT2D eigenvalue weighted by Gasteiger charge is 2.01. The summed E-state index contributed by atoms with van der Waals surface area (Å²) in [5.41, 5.74) is 1.57. The maximum atomic E-state index is 8.84. The Labute approximate surface area is 64.1 Å². The number of benzene rings is 1. The molecule has 2 heteroatoms. The maximum Gasteiger partial charge on any atom is 0.134 e. The molecule has 0 aliphatic rings. The molecule has 2 aromatic rings. The number of hydrogen-bond acceptors (Lipinski definition) is 2. The third-order valence-corrected chi connectivity index (χ3v) is 1.64. The van der Waals surface area contributed by atoms with E-state index in [1.165, 1.54) is 0 Å². The Balaban J connectivity index is 2.76. The first kappa shape index (κ1) is 6.43. The molecule has 0 spiro atoms. The standard InChI is InChI=1S/C9H7O2/c10-5-7-6-11-9-4-2-1-3-8(7)9/h1-2,4,6,10H,5H2. The fourth-order valence-corrected chi connectivity index (χ4v) is 1.08. The van der Waals surface area contributed by atoms with Gasteiger partial charge in [-0.2, -0.15) is 0 Å². The van der Waals surface area contributed by atoms with E-state index in [9.17, 15) is 0 Å². The van der Waals surface area contributed by atoms with Gasteiger partial charge in [-0.3, -0.25) is 0 Å². The van der Waals surface area contributed by atoms with E-state index >= 15 is 0 Å². The Morgan fingerprint density at radius 3 is 3.27 bits per heavy atom. The molecule has 0 bridgehead atoms. The summed E-state index contributed by atoms with van der Waals surface area (Å²) >= 11 is 0. The zero-order chi connectivity index (χ0) is 7.68. The van der Waals surface area contributed by atoms with Crippen molar-refractivity contribution in [3.05, 3.63) is 36.1 Å². The summed E-state index contributed by atoms with van der Waals surface area (Å²) in [6.07, 6.45) is 1.56. The Morgan fingerprint density at radius 2 is 2.45 bits per heavy atom. The molecule has 1 N–H and O–H groups in total. The van der Waals surface area contributed by atoms with Crippen molar-refractivity contribution in [3.63, 3.8) is 0 Å². The van der Waals surface area contributed by atoms with Crippen molar-refractivity contribution in [1.29, 1.82) is 0 Å². The van der Waals surface area contributed by atoms with Crippen molar-refractivity contribution in [1.82, 2.24) is 0 Å². The molecule has 11 heavy (non-hydrogen) atoms. The van der Waals surface area contributed by atoms with Crippen LogP contribution >= 0.6 is 0 Å². The third-order valence-electron chi connectivity index (χ3n) is 1.64. The van der Waals surface area contributed by atoms with Crippen LogP contribution in [0.15, 0.2) is 28.9 Å². The van der Waals surface area contributed by atoms with Crippen LogP contribution in [0.4, 0.5) is 0 Å².